The molecule has 0 atom stereocenters. The monoisotopic (exact) mass is 156 g/mol. The first-order valence-corrected chi connectivity index (χ1v) is 3.64. The van der Waals surface area contributed by atoms with Gasteiger partial charge in [0.2, 0.25) is 0 Å². The molecule has 0 amide bonds. The second-order valence-electron chi connectivity index (χ2n) is 1.82. The molecule has 0 rings (SSSR count). The van der Waals surface area contributed by atoms with Crippen molar-refractivity contribution < 1.29 is 12.3 Å². The van der Waals surface area contributed by atoms with Crippen molar-refractivity contribution >= 4 is 10.4 Å². The highest BCUT2D eigenvalue weighted by Crippen LogP contribution is 1.81. The molecule has 0 aromatic rings. The molecule has 0 spiro atoms. The molecule has 1 N–H and O–H groups in total. The van der Waals surface area contributed by atoms with Crippen molar-refractivity contribution in [1.82, 2.24) is 9.62 Å². The third-order valence-electron chi connectivity index (χ3n) is 0.553. The van der Waals surface area contributed by atoms with Gasteiger partial charge in [-0.05, 0) is 14.1 Å². The first-order chi connectivity index (χ1) is 3.92. The molecule has 56 valence electrons. The van der Waals surface area contributed by atoms with Gasteiger partial charge in [0.1, 0.15) is 0 Å². The van der Waals surface area contributed by atoms with E-state index in [-0.39, 0.29) is 6.67 Å². The molecule has 6 heteroatoms. The van der Waals surface area contributed by atoms with Crippen molar-refractivity contribution in [3.8, 4) is 0 Å². The second kappa shape index (κ2) is 3.09. The van der Waals surface area contributed by atoms with Crippen molar-refractivity contribution in [2.24, 2.45) is 0 Å². The van der Waals surface area contributed by atoms with E-state index in [0.717, 1.165) is 0 Å². The van der Waals surface area contributed by atoms with E-state index in [1.165, 1.54) is 4.90 Å². The van der Waals surface area contributed by atoms with E-state index in [1.807, 2.05) is 0 Å². The molecule has 0 saturated carbocycles. The Balaban J connectivity index is 3.53. The van der Waals surface area contributed by atoms with Gasteiger partial charge in [0.25, 0.3) is 0 Å². The van der Waals surface area contributed by atoms with Crippen molar-refractivity contribution in [3.05, 3.63) is 0 Å². The van der Waals surface area contributed by atoms with Gasteiger partial charge in [0.05, 0.1) is 6.67 Å². The molecule has 0 aromatic heterocycles. The fourth-order valence-corrected chi connectivity index (χ4v) is 0.619. The number of hydrogen-bond donors (Lipinski definition) is 1. The van der Waals surface area contributed by atoms with Gasteiger partial charge in [0, 0.05) is 0 Å². The van der Waals surface area contributed by atoms with Crippen LogP contribution in [0.2, 0.25) is 0 Å². The van der Waals surface area contributed by atoms with Crippen LogP contribution < -0.4 is 4.72 Å². The fraction of sp³-hybridized carbons (Fsp3) is 1.00. The highest BCUT2D eigenvalue weighted by molar-refractivity contribution is 7.84. The topological polar surface area (TPSA) is 49.4 Å². The van der Waals surface area contributed by atoms with Crippen LogP contribution in [0.4, 0.5) is 3.89 Å². The highest BCUT2D eigenvalue weighted by Gasteiger charge is 2.03. The Morgan fingerprint density at radius 1 is 1.56 bits per heavy atom. The fourth-order valence-electron chi connectivity index (χ4n) is 0.206. The smallest absolute Gasteiger partial charge is 0.296 e. The Kier molecular flexibility index (Phi) is 3.02. The molecule has 0 saturated heterocycles. The molecule has 0 aliphatic heterocycles. The van der Waals surface area contributed by atoms with Gasteiger partial charge in [-0.3, -0.25) is 4.90 Å². The van der Waals surface area contributed by atoms with Gasteiger partial charge in [-0.25, -0.2) is 0 Å². The first-order valence-electron chi connectivity index (χ1n) is 2.26. The normalized spacial score (nSPS) is 12.4. The summed E-state index contributed by atoms with van der Waals surface area (Å²) in [5.74, 6) is 0. The summed E-state index contributed by atoms with van der Waals surface area (Å²) in [7, 11) is -1.26. The van der Waals surface area contributed by atoms with Crippen LogP contribution in [0, 0.1) is 0 Å². The van der Waals surface area contributed by atoms with E-state index in [9.17, 15) is 12.3 Å². The Labute approximate surface area is 54.0 Å². The lowest BCUT2D eigenvalue weighted by Crippen LogP contribution is -2.30. The lowest BCUT2D eigenvalue weighted by Gasteiger charge is -2.06. The Hall–Kier alpha value is -0.200. The molecule has 0 aliphatic rings. The number of hydrogen-bond acceptors (Lipinski definition) is 3. The molecule has 4 nitrogen and oxygen atoms in total. The van der Waals surface area contributed by atoms with Gasteiger partial charge in [-0.1, -0.05) is 3.89 Å². The zero-order chi connectivity index (χ0) is 7.49. The van der Waals surface area contributed by atoms with Crippen LogP contribution in [0.25, 0.3) is 0 Å². The second-order valence-corrected chi connectivity index (χ2v) is 2.98. The number of nitrogens with zero attached hydrogens (tertiary/aromatic N) is 1. The van der Waals surface area contributed by atoms with Gasteiger partial charge in [-0.2, -0.15) is 13.1 Å². The SMILES string of the molecule is CN(C)CNS(=O)(=O)F. The maximum absolute atomic E-state index is 11.6. The van der Waals surface area contributed by atoms with Gasteiger partial charge in [0.15, 0.2) is 0 Å². The number of halogens is 1. The Morgan fingerprint density at radius 3 is 2.11 bits per heavy atom. The van der Waals surface area contributed by atoms with E-state index in [0.29, 0.717) is 0 Å². The standard InChI is InChI=1S/C3H9FN2O2S/c1-6(2)3-5-9(4,7)8/h5H,3H2,1-2H3. The zero-order valence-electron chi connectivity index (χ0n) is 5.26. The zero-order valence-corrected chi connectivity index (χ0v) is 6.07. The molecule has 0 heterocycles. The summed E-state index contributed by atoms with van der Waals surface area (Å²) in [4.78, 5) is 1.50. The largest absolute Gasteiger partial charge is 0.373 e. The molecule has 0 aliphatic carbocycles. The lowest BCUT2D eigenvalue weighted by molar-refractivity contribution is 0.393. The molecule has 9 heavy (non-hydrogen) atoms. The van der Waals surface area contributed by atoms with Crippen LogP contribution in [0.3, 0.4) is 0 Å². The first kappa shape index (κ1) is 8.80. The van der Waals surface area contributed by atoms with Crippen LogP contribution >= 0.6 is 0 Å². The number of rotatable bonds is 3. The van der Waals surface area contributed by atoms with Crippen molar-refractivity contribution in [3.63, 3.8) is 0 Å². The van der Waals surface area contributed by atoms with Crippen LogP contribution in [0.1, 0.15) is 0 Å². The minimum absolute atomic E-state index is 0.0150. The van der Waals surface area contributed by atoms with Gasteiger partial charge < -0.3 is 0 Å². The van der Waals surface area contributed by atoms with Gasteiger partial charge in [-0.15, -0.1) is 0 Å². The van der Waals surface area contributed by atoms with Crippen LogP contribution in [0.15, 0.2) is 0 Å². The lowest BCUT2D eigenvalue weighted by atomic mass is 10.9. The quantitative estimate of drug-likeness (QED) is 0.434. The summed E-state index contributed by atoms with van der Waals surface area (Å²) < 4.78 is 32.7. The summed E-state index contributed by atoms with van der Waals surface area (Å²) in [6.07, 6.45) is 0. The number of nitrogens with one attached hydrogen (secondary N) is 1. The molecule has 0 fully saturated rings. The molecular formula is C3H9FN2O2S. The average Bonchev–Trinajstić information content (AvgIpc) is 1.59. The minimum atomic E-state index is -4.51. The van der Waals surface area contributed by atoms with Crippen molar-refractivity contribution in [2.45, 2.75) is 0 Å². The summed E-state index contributed by atoms with van der Waals surface area (Å²) in [6, 6.07) is 0. The minimum Gasteiger partial charge on any atom is -0.296 e. The van der Waals surface area contributed by atoms with E-state index in [2.05, 4.69) is 0 Å². The summed E-state index contributed by atoms with van der Waals surface area (Å²) in [5, 5.41) is 0. The molecule has 0 aromatic carbocycles. The van der Waals surface area contributed by atoms with Crippen molar-refractivity contribution in [2.75, 3.05) is 20.8 Å². The average molecular weight is 156 g/mol. The van der Waals surface area contributed by atoms with E-state index < -0.39 is 10.4 Å². The van der Waals surface area contributed by atoms with Crippen LogP contribution in [-0.2, 0) is 10.4 Å². The predicted octanol–water partition coefficient (Wildman–Crippen LogP) is -0.691. The molecule has 0 radical (unpaired) electrons. The van der Waals surface area contributed by atoms with E-state index >= 15 is 0 Å². The van der Waals surface area contributed by atoms with E-state index in [1.54, 1.807) is 18.8 Å². The van der Waals surface area contributed by atoms with Crippen LogP contribution in [-0.4, -0.2) is 34.1 Å². The Bertz CT molecular complexity index is 165. The van der Waals surface area contributed by atoms with E-state index in [4.69, 9.17) is 0 Å². The summed E-state index contributed by atoms with van der Waals surface area (Å²) in [6.45, 7) is -0.0150. The maximum Gasteiger partial charge on any atom is 0.373 e. The van der Waals surface area contributed by atoms with Crippen LogP contribution in [0.5, 0.6) is 0 Å². The molecular weight excluding hydrogens is 147 g/mol. The summed E-state index contributed by atoms with van der Waals surface area (Å²) in [5.41, 5.74) is 0. The Morgan fingerprint density at radius 2 is 2.00 bits per heavy atom. The summed E-state index contributed by atoms with van der Waals surface area (Å²) >= 11 is 0. The predicted molar refractivity (Wildman–Crippen MR) is 31.7 cm³/mol. The third-order valence-corrected chi connectivity index (χ3v) is 1.03. The maximum atomic E-state index is 11.6. The molecule has 0 unspecified atom stereocenters. The van der Waals surface area contributed by atoms with Crippen molar-refractivity contribution in [1.29, 1.82) is 0 Å². The third kappa shape index (κ3) is 7.80. The molecule has 0 bridgehead atoms. The highest BCUT2D eigenvalue weighted by atomic mass is 32.3. The van der Waals surface area contributed by atoms with Gasteiger partial charge >= 0.3 is 10.4 Å².